The van der Waals surface area contributed by atoms with Gasteiger partial charge in [-0.3, -0.25) is 0 Å². The fourth-order valence-corrected chi connectivity index (χ4v) is 2.78. The molecular formula is C13H26N2O. The molecule has 1 atom stereocenters. The van der Waals surface area contributed by atoms with E-state index in [0.717, 1.165) is 19.1 Å². The Labute approximate surface area is 99.5 Å². The summed E-state index contributed by atoms with van der Waals surface area (Å²) >= 11 is 0. The Morgan fingerprint density at radius 3 is 2.69 bits per heavy atom. The van der Waals surface area contributed by atoms with E-state index in [1.165, 1.54) is 51.9 Å². The molecule has 2 rings (SSSR count). The van der Waals surface area contributed by atoms with Crippen molar-refractivity contribution in [1.82, 2.24) is 10.2 Å². The molecule has 0 aromatic carbocycles. The van der Waals surface area contributed by atoms with Crippen LogP contribution in [0.4, 0.5) is 0 Å². The SMILES string of the molecule is CCN1CCC(CCNC2CCOC2)CC1. The molecule has 2 aliphatic rings. The Bertz CT molecular complexity index is 184. The van der Waals surface area contributed by atoms with Gasteiger partial charge in [-0.1, -0.05) is 6.92 Å². The van der Waals surface area contributed by atoms with E-state index in [1.807, 2.05) is 0 Å². The minimum absolute atomic E-state index is 0.635. The first kappa shape index (κ1) is 12.3. The number of rotatable bonds is 5. The number of hydrogen-bond donors (Lipinski definition) is 1. The smallest absolute Gasteiger partial charge is 0.0620 e. The van der Waals surface area contributed by atoms with Gasteiger partial charge in [-0.25, -0.2) is 0 Å². The third kappa shape index (κ3) is 3.72. The molecule has 3 heteroatoms. The largest absolute Gasteiger partial charge is 0.380 e. The first-order valence-electron chi connectivity index (χ1n) is 6.92. The molecule has 0 aromatic rings. The summed E-state index contributed by atoms with van der Waals surface area (Å²) in [5.74, 6) is 0.956. The second kappa shape index (κ2) is 6.58. The highest BCUT2D eigenvalue weighted by Gasteiger charge is 2.19. The fourth-order valence-electron chi connectivity index (χ4n) is 2.78. The van der Waals surface area contributed by atoms with Gasteiger partial charge < -0.3 is 15.0 Å². The van der Waals surface area contributed by atoms with Gasteiger partial charge in [-0.05, 0) is 57.8 Å². The second-order valence-electron chi connectivity index (χ2n) is 5.18. The Morgan fingerprint density at radius 2 is 2.06 bits per heavy atom. The zero-order valence-electron chi connectivity index (χ0n) is 10.6. The van der Waals surface area contributed by atoms with Crippen LogP contribution in [-0.4, -0.2) is 50.3 Å². The molecule has 0 bridgehead atoms. The third-order valence-electron chi connectivity index (χ3n) is 4.07. The predicted molar refractivity (Wildman–Crippen MR) is 66.7 cm³/mol. The molecule has 2 heterocycles. The molecule has 2 fully saturated rings. The number of nitrogens with one attached hydrogen (secondary N) is 1. The lowest BCUT2D eigenvalue weighted by Gasteiger charge is -2.31. The van der Waals surface area contributed by atoms with Crippen LogP contribution in [0, 0.1) is 5.92 Å². The zero-order valence-corrected chi connectivity index (χ0v) is 10.6. The van der Waals surface area contributed by atoms with Gasteiger partial charge in [0, 0.05) is 12.6 Å². The highest BCUT2D eigenvalue weighted by Crippen LogP contribution is 2.19. The highest BCUT2D eigenvalue weighted by molar-refractivity contribution is 4.75. The number of nitrogens with zero attached hydrogens (tertiary/aromatic N) is 1. The highest BCUT2D eigenvalue weighted by atomic mass is 16.5. The maximum atomic E-state index is 5.36. The topological polar surface area (TPSA) is 24.5 Å². The van der Waals surface area contributed by atoms with Gasteiger partial charge in [0.25, 0.3) is 0 Å². The average Bonchev–Trinajstić information content (AvgIpc) is 2.83. The van der Waals surface area contributed by atoms with E-state index in [-0.39, 0.29) is 0 Å². The summed E-state index contributed by atoms with van der Waals surface area (Å²) < 4.78 is 5.36. The maximum absolute atomic E-state index is 5.36. The summed E-state index contributed by atoms with van der Waals surface area (Å²) in [5.41, 5.74) is 0. The number of ether oxygens (including phenoxy) is 1. The quantitative estimate of drug-likeness (QED) is 0.768. The molecule has 0 saturated carbocycles. The van der Waals surface area contributed by atoms with E-state index >= 15 is 0 Å². The van der Waals surface area contributed by atoms with Gasteiger partial charge in [0.05, 0.1) is 6.61 Å². The van der Waals surface area contributed by atoms with E-state index in [9.17, 15) is 0 Å². The van der Waals surface area contributed by atoms with Crippen molar-refractivity contribution in [2.24, 2.45) is 5.92 Å². The summed E-state index contributed by atoms with van der Waals surface area (Å²) in [4.78, 5) is 2.56. The Kier molecular flexibility index (Phi) is 5.07. The van der Waals surface area contributed by atoms with Gasteiger partial charge in [-0.15, -0.1) is 0 Å². The van der Waals surface area contributed by atoms with Crippen molar-refractivity contribution in [1.29, 1.82) is 0 Å². The van der Waals surface area contributed by atoms with Crippen LogP contribution in [0.15, 0.2) is 0 Å². The number of likely N-dealkylation sites (tertiary alicyclic amines) is 1. The molecule has 1 unspecified atom stereocenters. The molecular weight excluding hydrogens is 200 g/mol. The lowest BCUT2D eigenvalue weighted by Crippen LogP contribution is -2.36. The van der Waals surface area contributed by atoms with Gasteiger partial charge in [0.15, 0.2) is 0 Å². The van der Waals surface area contributed by atoms with Crippen LogP contribution >= 0.6 is 0 Å². The molecule has 94 valence electrons. The normalized spacial score (nSPS) is 28.7. The molecule has 0 amide bonds. The van der Waals surface area contributed by atoms with Crippen molar-refractivity contribution >= 4 is 0 Å². The molecule has 0 radical (unpaired) electrons. The van der Waals surface area contributed by atoms with E-state index in [4.69, 9.17) is 4.74 Å². The third-order valence-corrected chi connectivity index (χ3v) is 4.07. The van der Waals surface area contributed by atoms with Crippen molar-refractivity contribution in [3.63, 3.8) is 0 Å². The summed E-state index contributed by atoms with van der Waals surface area (Å²) in [7, 11) is 0. The molecule has 2 saturated heterocycles. The van der Waals surface area contributed by atoms with Crippen molar-refractivity contribution in [2.45, 2.75) is 38.6 Å². The van der Waals surface area contributed by atoms with Crippen LogP contribution in [0.3, 0.4) is 0 Å². The molecule has 0 aromatic heterocycles. The number of piperidine rings is 1. The van der Waals surface area contributed by atoms with Gasteiger partial charge >= 0.3 is 0 Å². The average molecular weight is 226 g/mol. The second-order valence-corrected chi connectivity index (χ2v) is 5.18. The standard InChI is InChI=1S/C13H26N2O/c1-2-15-8-4-12(5-9-15)3-7-14-13-6-10-16-11-13/h12-14H,2-11H2,1H3. The summed E-state index contributed by atoms with van der Waals surface area (Å²) in [6.07, 6.45) is 5.36. The first-order valence-corrected chi connectivity index (χ1v) is 6.92. The minimum Gasteiger partial charge on any atom is -0.380 e. The van der Waals surface area contributed by atoms with Gasteiger partial charge in [-0.2, -0.15) is 0 Å². The predicted octanol–water partition coefficient (Wildman–Crippen LogP) is 1.49. The van der Waals surface area contributed by atoms with Crippen LogP contribution < -0.4 is 5.32 Å². The minimum atomic E-state index is 0.635. The van der Waals surface area contributed by atoms with Crippen LogP contribution in [0.1, 0.15) is 32.6 Å². The zero-order chi connectivity index (χ0) is 11.2. The maximum Gasteiger partial charge on any atom is 0.0620 e. The molecule has 0 spiro atoms. The monoisotopic (exact) mass is 226 g/mol. The van der Waals surface area contributed by atoms with Gasteiger partial charge in [0.2, 0.25) is 0 Å². The van der Waals surface area contributed by atoms with Crippen molar-refractivity contribution in [3.8, 4) is 0 Å². The molecule has 1 N–H and O–H groups in total. The van der Waals surface area contributed by atoms with Crippen molar-refractivity contribution in [3.05, 3.63) is 0 Å². The Hall–Kier alpha value is -0.120. The van der Waals surface area contributed by atoms with Crippen LogP contribution in [0.2, 0.25) is 0 Å². The van der Waals surface area contributed by atoms with E-state index < -0.39 is 0 Å². The Balaban J connectivity index is 1.53. The van der Waals surface area contributed by atoms with Crippen LogP contribution in [0.5, 0.6) is 0 Å². The molecule has 2 aliphatic heterocycles. The first-order chi connectivity index (χ1) is 7.88. The molecule has 3 nitrogen and oxygen atoms in total. The lowest BCUT2D eigenvalue weighted by atomic mass is 9.93. The van der Waals surface area contributed by atoms with Crippen LogP contribution in [0.25, 0.3) is 0 Å². The number of hydrogen-bond acceptors (Lipinski definition) is 3. The van der Waals surface area contributed by atoms with Crippen molar-refractivity contribution in [2.75, 3.05) is 39.4 Å². The van der Waals surface area contributed by atoms with Crippen LogP contribution in [-0.2, 0) is 4.74 Å². The van der Waals surface area contributed by atoms with E-state index in [0.29, 0.717) is 6.04 Å². The molecule has 16 heavy (non-hydrogen) atoms. The molecule has 0 aliphatic carbocycles. The van der Waals surface area contributed by atoms with Gasteiger partial charge in [0.1, 0.15) is 0 Å². The Morgan fingerprint density at radius 1 is 1.25 bits per heavy atom. The van der Waals surface area contributed by atoms with E-state index in [2.05, 4.69) is 17.1 Å². The fraction of sp³-hybridized carbons (Fsp3) is 1.00. The summed E-state index contributed by atoms with van der Waals surface area (Å²) in [6.45, 7) is 9.18. The van der Waals surface area contributed by atoms with E-state index in [1.54, 1.807) is 0 Å². The summed E-state index contributed by atoms with van der Waals surface area (Å²) in [6, 6.07) is 0.635. The lowest BCUT2D eigenvalue weighted by molar-refractivity contribution is 0.180. The van der Waals surface area contributed by atoms with Crippen molar-refractivity contribution < 1.29 is 4.74 Å². The summed E-state index contributed by atoms with van der Waals surface area (Å²) in [5, 5.41) is 3.62.